The van der Waals surface area contributed by atoms with Crippen LogP contribution in [0.3, 0.4) is 0 Å². The van der Waals surface area contributed by atoms with Gasteiger partial charge in [0.15, 0.2) is 5.78 Å². The quantitative estimate of drug-likeness (QED) is 0.129. The predicted molar refractivity (Wildman–Crippen MR) is 136 cm³/mol. The Balaban J connectivity index is 0.00000684. The second-order valence-electron chi connectivity index (χ2n) is 8.28. The van der Waals surface area contributed by atoms with Crippen molar-refractivity contribution in [2.45, 2.75) is 51.9 Å². The molecule has 0 saturated carbocycles. The van der Waals surface area contributed by atoms with Crippen molar-refractivity contribution in [2.24, 2.45) is 0 Å². The summed E-state index contributed by atoms with van der Waals surface area (Å²) < 4.78 is 10.3. The van der Waals surface area contributed by atoms with Crippen LogP contribution in [-0.2, 0) is 19.1 Å². The predicted octanol–water partition coefficient (Wildman–Crippen LogP) is -1.71. The Morgan fingerprint density at radius 2 is 1.66 bits per heavy atom. The Kier molecular flexibility index (Phi) is 23.0. The first-order valence-corrected chi connectivity index (χ1v) is 12.4. The monoisotopic (exact) mass is 670 g/mol. The number of carbonyl (C=O) groups excluding carboxylic acids is 4. The van der Waals surface area contributed by atoms with Gasteiger partial charge in [0.2, 0.25) is 0 Å². The summed E-state index contributed by atoms with van der Waals surface area (Å²) >= 11 is 0. The third-order valence-electron chi connectivity index (χ3n) is 5.44. The van der Waals surface area contributed by atoms with E-state index in [4.69, 9.17) is 9.47 Å². The van der Waals surface area contributed by atoms with Gasteiger partial charge in [-0.1, -0.05) is 31.2 Å². The zero-order chi connectivity index (χ0) is 26.2. The average Bonchev–Trinajstić information content (AvgIpc) is 2.88. The van der Waals surface area contributed by atoms with Crippen LogP contribution in [0.15, 0.2) is 35.5 Å². The summed E-state index contributed by atoms with van der Waals surface area (Å²) in [5.41, 5.74) is 2.72. The van der Waals surface area contributed by atoms with Gasteiger partial charge in [-0.25, -0.2) is 4.79 Å². The Labute approximate surface area is 323 Å². The van der Waals surface area contributed by atoms with Gasteiger partial charge >= 0.3 is 122 Å². The molecule has 0 spiro atoms. The normalized spacial score (nSPS) is 12.4. The number of nitrogens with zero attached hydrogens (tertiary/aromatic N) is 2. The SMILES string of the molecule is CCCNC(=O)OCCCOCC[N-]C(=O)CC(=O)[N-]c1ccc(C(=O)C2=C(NC)CCCC2)cc1.[Rb+].[Rb+]. The van der Waals surface area contributed by atoms with Crippen LogP contribution in [-0.4, -0.2) is 63.6 Å². The Bertz CT molecular complexity index is 925. The minimum absolute atomic E-state index is 0. The van der Waals surface area contributed by atoms with Crippen molar-refractivity contribution in [3.05, 3.63) is 51.7 Å². The first kappa shape index (κ1) is 38.2. The minimum Gasteiger partial charge on any atom is -0.651 e. The van der Waals surface area contributed by atoms with Gasteiger partial charge in [0.1, 0.15) is 0 Å². The third-order valence-corrected chi connectivity index (χ3v) is 5.44. The van der Waals surface area contributed by atoms with E-state index < -0.39 is 24.3 Å². The summed E-state index contributed by atoms with van der Waals surface area (Å²) in [5.74, 6) is -1.19. The number of hydrogen-bond acceptors (Lipinski definition) is 7. The number of alkyl carbamates (subject to hydrolysis) is 1. The fraction of sp³-hybridized carbons (Fsp3) is 0.538. The van der Waals surface area contributed by atoms with Crippen molar-refractivity contribution in [3.63, 3.8) is 0 Å². The summed E-state index contributed by atoms with van der Waals surface area (Å²) in [5, 5.41) is 13.4. The zero-order valence-corrected chi connectivity index (χ0v) is 33.0. The molecule has 12 heteroatoms. The standard InChI is InChI=1S/C26H38N4O6.2Rb/c1-3-13-29-26(34)36-16-6-15-35-17-14-28-23(31)18-24(32)30-20-11-9-19(10-12-20)25(33)21-7-4-5-8-22(21)27-2;;/h9-12H,3-8,13-18H2,1-2H3,(H4,27,28,29,30,31,32,33,34);;/q;2*+1/p-2. The van der Waals surface area contributed by atoms with E-state index in [2.05, 4.69) is 21.3 Å². The van der Waals surface area contributed by atoms with Gasteiger partial charge in [-0.2, -0.15) is 0 Å². The van der Waals surface area contributed by atoms with Gasteiger partial charge in [-0.3, -0.25) is 4.79 Å². The van der Waals surface area contributed by atoms with Crippen LogP contribution in [0.1, 0.15) is 62.2 Å². The number of ketones is 1. The van der Waals surface area contributed by atoms with Crippen molar-refractivity contribution in [3.8, 4) is 0 Å². The molecule has 0 heterocycles. The van der Waals surface area contributed by atoms with E-state index in [-0.39, 0.29) is 142 Å². The zero-order valence-electron chi connectivity index (χ0n) is 23.1. The Morgan fingerprint density at radius 3 is 2.34 bits per heavy atom. The van der Waals surface area contributed by atoms with Crippen LogP contribution in [0.4, 0.5) is 10.5 Å². The number of nitrogens with one attached hydrogen (secondary N) is 2. The number of ether oxygens (including phenoxy) is 2. The maximum absolute atomic E-state index is 12.8. The smallest absolute Gasteiger partial charge is 0.651 e. The molecule has 2 rings (SSSR count). The summed E-state index contributed by atoms with van der Waals surface area (Å²) in [6.07, 6.45) is 4.18. The van der Waals surface area contributed by atoms with E-state index in [0.29, 0.717) is 30.8 Å². The molecule has 0 aliphatic heterocycles. The summed E-state index contributed by atoms with van der Waals surface area (Å²) in [6.45, 7) is 3.49. The molecule has 2 N–H and O–H groups in total. The van der Waals surface area contributed by atoms with Crippen LogP contribution in [0, 0.1) is 0 Å². The molecule has 198 valence electrons. The van der Waals surface area contributed by atoms with Crippen LogP contribution in [0.25, 0.3) is 10.6 Å². The molecule has 0 unspecified atom stereocenters. The summed E-state index contributed by atoms with van der Waals surface area (Å²) in [7, 11) is 1.83. The molecule has 1 aromatic carbocycles. The molecular formula is C26H36N4O6Rb2. The number of Topliss-reactive ketones (excluding diaryl/α,β-unsaturated/α-hetero) is 1. The maximum atomic E-state index is 12.8. The topological polar surface area (TPSA) is 139 Å². The van der Waals surface area contributed by atoms with Gasteiger partial charge in [-0.05, 0) is 32.1 Å². The first-order chi connectivity index (χ1) is 17.4. The van der Waals surface area contributed by atoms with Crippen LogP contribution in [0.5, 0.6) is 0 Å². The van der Waals surface area contributed by atoms with Gasteiger partial charge in [0.25, 0.3) is 0 Å². The van der Waals surface area contributed by atoms with Gasteiger partial charge in [0.05, 0.1) is 18.4 Å². The van der Waals surface area contributed by atoms with E-state index in [1.54, 1.807) is 24.3 Å². The van der Waals surface area contributed by atoms with Crippen molar-refractivity contribution in [1.29, 1.82) is 0 Å². The second-order valence-corrected chi connectivity index (χ2v) is 8.28. The van der Waals surface area contributed by atoms with Crippen molar-refractivity contribution in [2.75, 3.05) is 40.0 Å². The van der Waals surface area contributed by atoms with E-state index in [1.807, 2.05) is 14.0 Å². The van der Waals surface area contributed by atoms with E-state index in [0.717, 1.165) is 43.4 Å². The average molecular weight is 672 g/mol. The number of benzene rings is 1. The molecule has 38 heavy (non-hydrogen) atoms. The number of allylic oxidation sites excluding steroid dienone is 2. The van der Waals surface area contributed by atoms with Gasteiger partial charge < -0.3 is 40.3 Å². The Morgan fingerprint density at radius 1 is 0.947 bits per heavy atom. The molecule has 0 bridgehead atoms. The molecule has 1 aliphatic rings. The molecule has 1 aliphatic carbocycles. The van der Waals surface area contributed by atoms with Gasteiger partial charge in [0, 0.05) is 56.5 Å². The van der Waals surface area contributed by atoms with Crippen LogP contribution >= 0.6 is 0 Å². The largest absolute Gasteiger partial charge is 1.00 e. The number of amides is 3. The van der Waals surface area contributed by atoms with Crippen LogP contribution < -0.4 is 127 Å². The fourth-order valence-corrected chi connectivity index (χ4v) is 3.60. The second kappa shape index (κ2) is 22.8. The molecule has 3 amide bonds. The van der Waals surface area contributed by atoms with Crippen molar-refractivity contribution < 1.29 is 145 Å². The molecule has 0 saturated heterocycles. The van der Waals surface area contributed by atoms with E-state index >= 15 is 0 Å². The number of hydrogen-bond donors (Lipinski definition) is 2. The molecular weight excluding hydrogens is 635 g/mol. The van der Waals surface area contributed by atoms with Crippen LogP contribution in [0.2, 0.25) is 0 Å². The number of rotatable bonds is 15. The molecule has 1 aromatic rings. The maximum Gasteiger partial charge on any atom is 1.00 e. The molecule has 0 radical (unpaired) electrons. The van der Waals surface area contributed by atoms with Crippen molar-refractivity contribution in [1.82, 2.24) is 10.6 Å². The summed E-state index contributed by atoms with van der Waals surface area (Å²) in [6, 6.07) is 6.49. The molecule has 10 nitrogen and oxygen atoms in total. The molecule has 0 atom stereocenters. The number of carbonyl (C=O) groups is 4. The first-order valence-electron chi connectivity index (χ1n) is 12.4. The van der Waals surface area contributed by atoms with Gasteiger partial charge in [-0.15, -0.1) is 12.2 Å². The molecule has 0 aromatic heterocycles. The fourth-order valence-electron chi connectivity index (χ4n) is 3.60. The summed E-state index contributed by atoms with van der Waals surface area (Å²) in [4.78, 5) is 48.1. The van der Waals surface area contributed by atoms with E-state index in [1.165, 1.54) is 0 Å². The van der Waals surface area contributed by atoms with E-state index in [9.17, 15) is 19.2 Å². The Hall–Kier alpha value is 0.210. The minimum atomic E-state index is -0.602. The third kappa shape index (κ3) is 15.3. The van der Waals surface area contributed by atoms with Crippen molar-refractivity contribution >= 4 is 29.4 Å². The molecule has 0 fully saturated rings.